The summed E-state index contributed by atoms with van der Waals surface area (Å²) in [6.45, 7) is 7.25. The molecule has 0 aliphatic heterocycles. The van der Waals surface area contributed by atoms with Gasteiger partial charge in [0.05, 0.1) is 17.4 Å². The van der Waals surface area contributed by atoms with Gasteiger partial charge in [0.1, 0.15) is 5.76 Å². The van der Waals surface area contributed by atoms with Crippen molar-refractivity contribution in [3.63, 3.8) is 0 Å². The SMILES string of the molecule is C=C(O)C(CCCC)N(Cc1ccccn1)Cc1ccccn1. The van der Waals surface area contributed by atoms with Gasteiger partial charge in [0.25, 0.3) is 0 Å². The molecule has 2 heterocycles. The molecule has 0 saturated heterocycles. The van der Waals surface area contributed by atoms with E-state index in [-0.39, 0.29) is 11.8 Å². The van der Waals surface area contributed by atoms with E-state index in [2.05, 4.69) is 28.4 Å². The molecule has 2 rings (SSSR count). The molecule has 4 nitrogen and oxygen atoms in total. The predicted octanol–water partition coefficient (Wildman–Crippen LogP) is 4.11. The average molecular weight is 311 g/mol. The van der Waals surface area contributed by atoms with E-state index >= 15 is 0 Å². The molecule has 2 aromatic heterocycles. The molecule has 1 atom stereocenters. The van der Waals surface area contributed by atoms with Crippen LogP contribution in [0.3, 0.4) is 0 Å². The number of pyridine rings is 2. The lowest BCUT2D eigenvalue weighted by Crippen LogP contribution is -2.36. The molecule has 0 aliphatic carbocycles. The van der Waals surface area contributed by atoms with Gasteiger partial charge in [0, 0.05) is 25.5 Å². The summed E-state index contributed by atoms with van der Waals surface area (Å²) in [5, 5.41) is 10.1. The van der Waals surface area contributed by atoms with Crippen molar-refractivity contribution in [3.8, 4) is 0 Å². The van der Waals surface area contributed by atoms with Crippen molar-refractivity contribution in [1.29, 1.82) is 0 Å². The van der Waals surface area contributed by atoms with E-state index in [1.54, 1.807) is 12.4 Å². The Labute approximate surface area is 138 Å². The molecule has 1 unspecified atom stereocenters. The van der Waals surface area contributed by atoms with Gasteiger partial charge < -0.3 is 5.11 Å². The topological polar surface area (TPSA) is 49.2 Å². The number of aliphatic hydroxyl groups excluding tert-OH is 1. The predicted molar refractivity (Wildman–Crippen MR) is 92.8 cm³/mol. The summed E-state index contributed by atoms with van der Waals surface area (Å²) in [6.07, 6.45) is 6.60. The number of hydrogen-bond acceptors (Lipinski definition) is 4. The summed E-state index contributed by atoms with van der Waals surface area (Å²) < 4.78 is 0. The fraction of sp³-hybridized carbons (Fsp3) is 0.368. The van der Waals surface area contributed by atoms with E-state index in [4.69, 9.17) is 0 Å². The van der Waals surface area contributed by atoms with Crippen LogP contribution in [-0.4, -0.2) is 26.0 Å². The molecule has 2 aromatic rings. The fourth-order valence-electron chi connectivity index (χ4n) is 2.63. The highest BCUT2D eigenvalue weighted by atomic mass is 16.3. The average Bonchev–Trinajstić information content (AvgIpc) is 2.56. The van der Waals surface area contributed by atoms with Crippen LogP contribution >= 0.6 is 0 Å². The number of unbranched alkanes of at least 4 members (excludes halogenated alkanes) is 1. The Morgan fingerprint density at radius 2 is 1.65 bits per heavy atom. The first-order valence-corrected chi connectivity index (χ1v) is 8.12. The van der Waals surface area contributed by atoms with Crippen LogP contribution in [0.5, 0.6) is 0 Å². The quantitative estimate of drug-likeness (QED) is 0.708. The molecule has 23 heavy (non-hydrogen) atoms. The molecule has 0 aliphatic rings. The maximum Gasteiger partial charge on any atom is 0.102 e. The summed E-state index contributed by atoms with van der Waals surface area (Å²) in [6, 6.07) is 11.7. The lowest BCUT2D eigenvalue weighted by atomic mass is 10.1. The Bertz CT molecular complexity index is 545. The van der Waals surface area contributed by atoms with Crippen LogP contribution in [0.25, 0.3) is 0 Å². The van der Waals surface area contributed by atoms with Crippen molar-refractivity contribution in [2.75, 3.05) is 0 Å². The monoisotopic (exact) mass is 311 g/mol. The van der Waals surface area contributed by atoms with Crippen LogP contribution < -0.4 is 0 Å². The Morgan fingerprint density at radius 3 is 2.04 bits per heavy atom. The van der Waals surface area contributed by atoms with Gasteiger partial charge in [0.2, 0.25) is 0 Å². The van der Waals surface area contributed by atoms with E-state index < -0.39 is 0 Å². The van der Waals surface area contributed by atoms with Gasteiger partial charge in [-0.3, -0.25) is 14.9 Å². The van der Waals surface area contributed by atoms with Gasteiger partial charge in [0.15, 0.2) is 0 Å². The second-order valence-electron chi connectivity index (χ2n) is 5.70. The van der Waals surface area contributed by atoms with Crippen molar-refractivity contribution >= 4 is 0 Å². The third-order valence-corrected chi connectivity index (χ3v) is 3.84. The second kappa shape index (κ2) is 9.06. The van der Waals surface area contributed by atoms with E-state index in [1.165, 1.54) is 0 Å². The first kappa shape index (κ1) is 17.2. The summed E-state index contributed by atoms with van der Waals surface area (Å²) in [5.41, 5.74) is 1.96. The molecular formula is C19H25N3O. The molecule has 122 valence electrons. The van der Waals surface area contributed by atoms with E-state index in [0.717, 1.165) is 30.7 Å². The smallest absolute Gasteiger partial charge is 0.102 e. The van der Waals surface area contributed by atoms with Crippen LogP contribution in [0.4, 0.5) is 0 Å². The molecule has 1 N–H and O–H groups in total. The van der Waals surface area contributed by atoms with Crippen molar-refractivity contribution in [3.05, 3.63) is 72.5 Å². The standard InChI is InChI=1S/C19H25N3O/c1-3-4-11-19(16(2)23)22(14-17-9-5-7-12-20-17)15-18-10-6-8-13-21-18/h5-10,12-13,19,23H,2-4,11,14-15H2,1H3. The first-order chi connectivity index (χ1) is 11.2. The summed E-state index contributed by atoms with van der Waals surface area (Å²) >= 11 is 0. The largest absolute Gasteiger partial charge is 0.511 e. The Morgan fingerprint density at radius 1 is 1.09 bits per heavy atom. The molecule has 0 spiro atoms. The normalized spacial score (nSPS) is 12.3. The van der Waals surface area contributed by atoms with E-state index in [1.807, 2.05) is 36.4 Å². The highest BCUT2D eigenvalue weighted by Crippen LogP contribution is 2.19. The number of aromatic nitrogens is 2. The zero-order valence-electron chi connectivity index (χ0n) is 13.7. The number of rotatable bonds is 9. The van der Waals surface area contributed by atoms with Crippen molar-refractivity contribution in [1.82, 2.24) is 14.9 Å². The maximum atomic E-state index is 10.1. The van der Waals surface area contributed by atoms with E-state index in [0.29, 0.717) is 13.1 Å². The lowest BCUT2D eigenvalue weighted by Gasteiger charge is -2.30. The van der Waals surface area contributed by atoms with Crippen molar-refractivity contribution in [2.45, 2.75) is 45.3 Å². The van der Waals surface area contributed by atoms with Crippen LogP contribution in [0, 0.1) is 0 Å². The lowest BCUT2D eigenvalue weighted by molar-refractivity contribution is 0.147. The molecule has 0 aromatic carbocycles. The summed E-state index contributed by atoms with van der Waals surface area (Å²) in [7, 11) is 0. The van der Waals surface area contributed by atoms with Gasteiger partial charge in [-0.2, -0.15) is 0 Å². The van der Waals surface area contributed by atoms with Gasteiger partial charge in [-0.1, -0.05) is 38.5 Å². The zero-order valence-corrected chi connectivity index (χ0v) is 13.7. The number of aliphatic hydroxyl groups is 1. The second-order valence-corrected chi connectivity index (χ2v) is 5.70. The fourth-order valence-corrected chi connectivity index (χ4v) is 2.63. The highest BCUT2D eigenvalue weighted by molar-refractivity contribution is 5.09. The maximum absolute atomic E-state index is 10.1. The van der Waals surface area contributed by atoms with E-state index in [9.17, 15) is 5.11 Å². The minimum Gasteiger partial charge on any atom is -0.511 e. The third kappa shape index (κ3) is 5.49. The minimum absolute atomic E-state index is 0.0843. The van der Waals surface area contributed by atoms with Crippen LogP contribution in [0.15, 0.2) is 61.1 Å². The molecule has 0 radical (unpaired) electrons. The third-order valence-electron chi connectivity index (χ3n) is 3.84. The zero-order chi connectivity index (χ0) is 16.5. The van der Waals surface area contributed by atoms with Crippen LogP contribution in [0.2, 0.25) is 0 Å². The highest BCUT2D eigenvalue weighted by Gasteiger charge is 2.22. The number of nitrogens with zero attached hydrogens (tertiary/aromatic N) is 3. The van der Waals surface area contributed by atoms with Gasteiger partial charge in [-0.05, 0) is 30.7 Å². The minimum atomic E-state index is -0.0843. The molecule has 0 amide bonds. The Hall–Kier alpha value is -2.20. The number of hydrogen-bond donors (Lipinski definition) is 1. The van der Waals surface area contributed by atoms with Gasteiger partial charge in [-0.15, -0.1) is 0 Å². The Kier molecular flexibility index (Phi) is 6.76. The van der Waals surface area contributed by atoms with Crippen molar-refractivity contribution in [2.24, 2.45) is 0 Å². The molecule has 0 fully saturated rings. The molecule has 0 bridgehead atoms. The van der Waals surface area contributed by atoms with Gasteiger partial charge in [-0.25, -0.2) is 0 Å². The Balaban J connectivity index is 2.19. The summed E-state index contributed by atoms with van der Waals surface area (Å²) in [5.74, 6) is 0.213. The molecular weight excluding hydrogens is 286 g/mol. The molecule has 4 heteroatoms. The molecule has 0 saturated carbocycles. The van der Waals surface area contributed by atoms with Gasteiger partial charge >= 0.3 is 0 Å². The summed E-state index contributed by atoms with van der Waals surface area (Å²) in [4.78, 5) is 11.0. The van der Waals surface area contributed by atoms with Crippen molar-refractivity contribution < 1.29 is 5.11 Å². The van der Waals surface area contributed by atoms with Crippen LogP contribution in [0.1, 0.15) is 37.6 Å². The first-order valence-electron chi connectivity index (χ1n) is 8.12. The van der Waals surface area contributed by atoms with Crippen LogP contribution in [-0.2, 0) is 13.1 Å².